The van der Waals surface area contributed by atoms with Crippen LogP contribution in [0, 0.1) is 5.82 Å². The zero-order valence-corrected chi connectivity index (χ0v) is 16.9. The van der Waals surface area contributed by atoms with Crippen LogP contribution in [0.1, 0.15) is 11.6 Å². The minimum atomic E-state index is -0.466. The van der Waals surface area contributed by atoms with Gasteiger partial charge in [0.25, 0.3) is 0 Å². The summed E-state index contributed by atoms with van der Waals surface area (Å²) in [6.45, 7) is 0.232. The lowest BCUT2D eigenvalue weighted by Gasteiger charge is -2.18. The monoisotopic (exact) mass is 424 g/mol. The number of nitrogens with zero attached hydrogens (tertiary/aromatic N) is 4. The van der Waals surface area contributed by atoms with Crippen LogP contribution in [0.4, 0.5) is 26.5 Å². The second kappa shape index (κ2) is 8.79. The molecule has 160 valence electrons. The highest BCUT2D eigenvalue weighted by Gasteiger charge is 2.16. The number of urea groups is 1. The quantitative estimate of drug-likeness (QED) is 0.362. The van der Waals surface area contributed by atoms with Crippen LogP contribution in [0.15, 0.2) is 48.9 Å². The van der Waals surface area contributed by atoms with Crippen molar-refractivity contribution in [1.29, 1.82) is 0 Å². The van der Waals surface area contributed by atoms with E-state index in [2.05, 4.69) is 36.2 Å². The number of carbonyl (C=O) groups excluding carboxylic acids is 1. The van der Waals surface area contributed by atoms with Crippen LogP contribution in [0.3, 0.4) is 0 Å². The first-order valence-corrected chi connectivity index (χ1v) is 9.43. The summed E-state index contributed by atoms with van der Waals surface area (Å²) in [6.07, 6.45) is 5.12. The predicted octanol–water partition coefficient (Wildman–Crippen LogP) is 3.08. The van der Waals surface area contributed by atoms with Gasteiger partial charge in [0.2, 0.25) is 0 Å². The molecule has 3 aromatic heterocycles. The zero-order chi connectivity index (χ0) is 21.8. The summed E-state index contributed by atoms with van der Waals surface area (Å²) in [5.74, 6) is 0.596. The lowest BCUT2D eigenvalue weighted by Crippen LogP contribution is -2.35. The van der Waals surface area contributed by atoms with E-state index in [1.807, 2.05) is 13.2 Å². The van der Waals surface area contributed by atoms with Gasteiger partial charge in [-0.05, 0) is 17.7 Å². The number of aromatic amines is 1. The normalized spacial score (nSPS) is 12.0. The number of fused-ring (bicyclic) bond motifs is 1. The third kappa shape index (κ3) is 4.78. The van der Waals surface area contributed by atoms with Gasteiger partial charge in [0.15, 0.2) is 5.82 Å². The first-order valence-electron chi connectivity index (χ1n) is 9.43. The van der Waals surface area contributed by atoms with Gasteiger partial charge in [-0.2, -0.15) is 10.2 Å². The number of methoxy groups -OCH3 is 1. The van der Waals surface area contributed by atoms with Gasteiger partial charge in [-0.15, -0.1) is 0 Å². The van der Waals surface area contributed by atoms with E-state index in [4.69, 9.17) is 4.74 Å². The van der Waals surface area contributed by atoms with Crippen LogP contribution in [-0.4, -0.2) is 44.7 Å². The Morgan fingerprint density at radius 1 is 1.29 bits per heavy atom. The fourth-order valence-corrected chi connectivity index (χ4v) is 3.09. The van der Waals surface area contributed by atoms with E-state index >= 15 is 0 Å². The minimum Gasteiger partial charge on any atom is -0.382 e. The maximum Gasteiger partial charge on any atom is 0.320 e. The van der Waals surface area contributed by atoms with Crippen molar-refractivity contribution in [3.05, 3.63) is 60.3 Å². The first kappa shape index (κ1) is 20.3. The molecule has 0 unspecified atom stereocenters. The third-order valence-electron chi connectivity index (χ3n) is 4.57. The van der Waals surface area contributed by atoms with Gasteiger partial charge < -0.3 is 15.4 Å². The molecule has 0 radical (unpaired) electrons. The molecule has 11 heteroatoms. The highest BCUT2D eigenvalue weighted by molar-refractivity contribution is 5.95. The molecule has 0 aliphatic heterocycles. The fourth-order valence-electron chi connectivity index (χ4n) is 3.09. The van der Waals surface area contributed by atoms with Crippen molar-refractivity contribution < 1.29 is 13.9 Å². The second-order valence-corrected chi connectivity index (χ2v) is 6.87. The molecule has 0 aliphatic rings. The average molecular weight is 424 g/mol. The molecule has 4 rings (SSSR count). The Morgan fingerprint density at radius 2 is 2.10 bits per heavy atom. The van der Waals surface area contributed by atoms with Gasteiger partial charge in [-0.3, -0.25) is 15.1 Å². The topological polar surface area (TPSA) is 122 Å². The largest absolute Gasteiger partial charge is 0.382 e. The van der Waals surface area contributed by atoms with E-state index in [-0.39, 0.29) is 12.4 Å². The third-order valence-corrected chi connectivity index (χ3v) is 4.57. The van der Waals surface area contributed by atoms with Crippen LogP contribution >= 0.6 is 0 Å². The molecule has 0 saturated heterocycles. The number of carbonyl (C=O) groups is 1. The molecule has 0 spiro atoms. The molecule has 10 nitrogen and oxygen atoms in total. The van der Waals surface area contributed by atoms with Crippen molar-refractivity contribution in [2.75, 3.05) is 24.4 Å². The number of aryl methyl sites for hydroxylation is 1. The number of H-pyrrole nitrogens is 1. The summed E-state index contributed by atoms with van der Waals surface area (Å²) in [7, 11) is 3.35. The molecule has 0 saturated carbocycles. The zero-order valence-electron chi connectivity index (χ0n) is 16.9. The summed E-state index contributed by atoms with van der Waals surface area (Å²) >= 11 is 0. The molecule has 3 heterocycles. The van der Waals surface area contributed by atoms with E-state index in [1.165, 1.54) is 19.2 Å². The molecule has 4 aromatic rings. The SMILES string of the molecule is COC[C@@H](NC(=O)Nc1cc2[nH]nc(Nc3cnn(C)c3)c2cn1)c1ccc(F)cc1. The predicted molar refractivity (Wildman–Crippen MR) is 114 cm³/mol. The number of pyridine rings is 1. The smallest absolute Gasteiger partial charge is 0.320 e. The molecule has 2 amide bonds. The molecular weight excluding hydrogens is 403 g/mol. The van der Waals surface area contributed by atoms with Gasteiger partial charge in [0.1, 0.15) is 11.6 Å². The number of nitrogens with one attached hydrogen (secondary N) is 4. The summed E-state index contributed by atoms with van der Waals surface area (Å²) in [5, 5.41) is 20.7. The van der Waals surface area contributed by atoms with Crippen molar-refractivity contribution in [1.82, 2.24) is 30.3 Å². The highest BCUT2D eigenvalue weighted by Crippen LogP contribution is 2.24. The lowest BCUT2D eigenvalue weighted by molar-refractivity contribution is 0.168. The molecule has 31 heavy (non-hydrogen) atoms. The second-order valence-electron chi connectivity index (χ2n) is 6.87. The van der Waals surface area contributed by atoms with Gasteiger partial charge in [0.05, 0.1) is 35.4 Å². The van der Waals surface area contributed by atoms with Crippen LogP contribution in [0.25, 0.3) is 10.9 Å². The minimum absolute atomic E-state index is 0.232. The number of hydrogen-bond acceptors (Lipinski definition) is 6. The van der Waals surface area contributed by atoms with E-state index in [9.17, 15) is 9.18 Å². The Kier molecular flexibility index (Phi) is 5.76. The number of ether oxygens (including phenoxy) is 1. The van der Waals surface area contributed by atoms with Crippen LogP contribution < -0.4 is 16.0 Å². The van der Waals surface area contributed by atoms with Crippen molar-refractivity contribution in [3.8, 4) is 0 Å². The van der Waals surface area contributed by atoms with Crippen LogP contribution in [0.5, 0.6) is 0 Å². The standard InChI is InChI=1S/C20H21FN8O2/c1-29-10-14(8-23-29)24-19-15-9-22-18(7-16(15)27-28-19)26-20(30)25-17(11-31-2)12-3-5-13(21)6-4-12/h3-10,17H,11H2,1-2H3,(H2,24,27,28)(H2,22,25,26,30)/t17-/m1/s1. The number of benzene rings is 1. The molecule has 4 N–H and O–H groups in total. The number of anilines is 3. The molecule has 0 aliphatic carbocycles. The highest BCUT2D eigenvalue weighted by atomic mass is 19.1. The molecule has 1 atom stereocenters. The number of halogens is 1. The van der Waals surface area contributed by atoms with Gasteiger partial charge in [0, 0.05) is 32.6 Å². The maximum atomic E-state index is 13.2. The van der Waals surface area contributed by atoms with Crippen molar-refractivity contribution in [2.45, 2.75) is 6.04 Å². The summed E-state index contributed by atoms with van der Waals surface area (Å²) < 4.78 is 20.0. The molecule has 1 aromatic carbocycles. The van der Waals surface area contributed by atoms with Crippen molar-refractivity contribution in [3.63, 3.8) is 0 Å². The van der Waals surface area contributed by atoms with E-state index in [0.29, 0.717) is 17.2 Å². The van der Waals surface area contributed by atoms with E-state index in [1.54, 1.807) is 35.3 Å². The maximum absolute atomic E-state index is 13.2. The average Bonchev–Trinajstić information content (AvgIpc) is 3.34. The van der Waals surface area contributed by atoms with Crippen LogP contribution in [0.2, 0.25) is 0 Å². The summed E-state index contributed by atoms with van der Waals surface area (Å²) in [5.41, 5.74) is 2.22. The summed E-state index contributed by atoms with van der Waals surface area (Å²) in [4.78, 5) is 16.8. The van der Waals surface area contributed by atoms with Crippen molar-refractivity contribution >= 4 is 34.3 Å². The molecule has 0 fully saturated rings. The number of rotatable bonds is 7. The molecule has 0 bridgehead atoms. The van der Waals surface area contributed by atoms with E-state index < -0.39 is 12.1 Å². The Bertz CT molecular complexity index is 1190. The van der Waals surface area contributed by atoms with Gasteiger partial charge >= 0.3 is 6.03 Å². The number of hydrogen-bond donors (Lipinski definition) is 4. The van der Waals surface area contributed by atoms with E-state index in [0.717, 1.165) is 16.6 Å². The summed E-state index contributed by atoms with van der Waals surface area (Å²) in [6, 6.07) is 6.64. The Hall–Kier alpha value is -3.99. The van der Waals surface area contributed by atoms with Crippen LogP contribution in [-0.2, 0) is 11.8 Å². The lowest BCUT2D eigenvalue weighted by atomic mass is 10.1. The van der Waals surface area contributed by atoms with Gasteiger partial charge in [-0.1, -0.05) is 12.1 Å². The first-order chi connectivity index (χ1) is 15.0. The van der Waals surface area contributed by atoms with Gasteiger partial charge in [-0.25, -0.2) is 14.2 Å². The Labute approximate surface area is 176 Å². The fraction of sp³-hybridized carbons (Fsp3) is 0.200. The van der Waals surface area contributed by atoms with Crippen molar-refractivity contribution in [2.24, 2.45) is 7.05 Å². The number of aromatic nitrogens is 5. The Morgan fingerprint density at radius 3 is 2.81 bits per heavy atom. The number of amides is 2. The molecular formula is C20H21FN8O2. The Balaban J connectivity index is 1.44.